The van der Waals surface area contributed by atoms with Gasteiger partial charge in [0.1, 0.15) is 0 Å². The molecule has 1 aromatic heterocycles. The highest BCUT2D eigenvalue weighted by Crippen LogP contribution is 2.42. The van der Waals surface area contributed by atoms with Crippen LogP contribution in [0.1, 0.15) is 53.7 Å². The van der Waals surface area contributed by atoms with Crippen LogP contribution in [0.4, 0.5) is 0 Å². The van der Waals surface area contributed by atoms with Crippen LogP contribution in [0.3, 0.4) is 0 Å². The van der Waals surface area contributed by atoms with E-state index in [0.717, 1.165) is 22.9 Å². The molecule has 4 rings (SSSR count). The van der Waals surface area contributed by atoms with E-state index in [2.05, 4.69) is 55.0 Å². The lowest BCUT2D eigenvalue weighted by Crippen LogP contribution is -2.24. The lowest BCUT2D eigenvalue weighted by atomic mass is 9.71. The summed E-state index contributed by atoms with van der Waals surface area (Å²) in [5, 5.41) is 1.03. The van der Waals surface area contributed by atoms with Crippen LogP contribution < -0.4 is 0 Å². The van der Waals surface area contributed by atoms with Crippen LogP contribution in [0.25, 0.3) is 22.0 Å². The number of aromatic nitrogens is 1. The number of nitrogens with one attached hydrogen (secondary N) is 1. The van der Waals surface area contributed by atoms with Crippen LogP contribution in [-0.2, 0) is 16.0 Å². The number of H-pyrrole nitrogens is 1. The van der Waals surface area contributed by atoms with Gasteiger partial charge >= 0.3 is 5.97 Å². The zero-order chi connectivity index (χ0) is 18.5. The first-order valence-corrected chi connectivity index (χ1v) is 9.39. The first kappa shape index (κ1) is 17.2. The molecular formula is C22H23NO2S. The first-order chi connectivity index (χ1) is 12.4. The fourth-order valence-electron chi connectivity index (χ4n) is 4.37. The SMILES string of the molecule is Cc1c(-c2c[nH]c3ccc(C(=O)OS)cc23)ccc2c1CCCC2(C)C. The highest BCUT2D eigenvalue weighted by atomic mass is 32.1. The van der Waals surface area contributed by atoms with E-state index in [1.54, 1.807) is 6.07 Å². The number of benzene rings is 2. The lowest BCUT2D eigenvalue weighted by Gasteiger charge is -2.34. The number of hydrogen-bond donors (Lipinski definition) is 2. The second kappa shape index (κ2) is 6.20. The van der Waals surface area contributed by atoms with E-state index in [1.807, 2.05) is 18.3 Å². The van der Waals surface area contributed by atoms with Gasteiger partial charge in [0.2, 0.25) is 0 Å². The molecule has 1 aliphatic rings. The van der Waals surface area contributed by atoms with Crippen LogP contribution >= 0.6 is 12.9 Å². The zero-order valence-electron chi connectivity index (χ0n) is 15.3. The standard InChI is InChI=1S/C22H23NO2S/c1-13-15(7-8-19-16(13)5-4-10-22(19,2)3)18-12-23-20-9-6-14(11-17(18)20)21(24)25-26/h6-9,11-12,23,26H,4-5,10H2,1-3H3. The van der Waals surface area contributed by atoms with Gasteiger partial charge in [0, 0.05) is 35.6 Å². The van der Waals surface area contributed by atoms with Gasteiger partial charge in [0.15, 0.2) is 0 Å². The average Bonchev–Trinajstić information content (AvgIpc) is 3.04. The topological polar surface area (TPSA) is 42.1 Å². The molecule has 0 amide bonds. The normalized spacial score (nSPS) is 15.7. The maximum atomic E-state index is 11.8. The molecule has 3 nitrogen and oxygen atoms in total. The molecule has 3 aromatic rings. The second-order valence-corrected chi connectivity index (χ2v) is 8.03. The van der Waals surface area contributed by atoms with Crippen molar-refractivity contribution in [2.24, 2.45) is 0 Å². The predicted molar refractivity (Wildman–Crippen MR) is 109 cm³/mol. The first-order valence-electron chi connectivity index (χ1n) is 9.02. The van der Waals surface area contributed by atoms with Crippen LogP contribution in [0.5, 0.6) is 0 Å². The van der Waals surface area contributed by atoms with Gasteiger partial charge in [-0.1, -0.05) is 26.0 Å². The van der Waals surface area contributed by atoms with Crippen molar-refractivity contribution in [2.75, 3.05) is 0 Å². The van der Waals surface area contributed by atoms with Crippen molar-refractivity contribution in [2.45, 2.75) is 45.4 Å². The van der Waals surface area contributed by atoms with Gasteiger partial charge in [-0.2, -0.15) is 0 Å². The lowest BCUT2D eigenvalue weighted by molar-refractivity contribution is 0.0772. The van der Waals surface area contributed by atoms with Gasteiger partial charge in [-0.25, -0.2) is 4.79 Å². The molecule has 0 bridgehead atoms. The van der Waals surface area contributed by atoms with Crippen LogP contribution in [-0.4, -0.2) is 11.0 Å². The number of carbonyl (C=O) groups excluding carboxylic acids is 1. The van der Waals surface area contributed by atoms with Gasteiger partial charge in [0.05, 0.1) is 5.56 Å². The maximum Gasteiger partial charge on any atom is 0.349 e. The third-order valence-electron chi connectivity index (χ3n) is 5.85. The minimum Gasteiger partial charge on any atom is -0.391 e. The molecule has 1 N–H and O–H groups in total. The fourth-order valence-corrected chi connectivity index (χ4v) is 4.48. The van der Waals surface area contributed by atoms with E-state index in [9.17, 15) is 4.79 Å². The van der Waals surface area contributed by atoms with Crippen molar-refractivity contribution in [1.29, 1.82) is 0 Å². The number of thiol groups is 1. The summed E-state index contributed by atoms with van der Waals surface area (Å²) in [7, 11) is 0. The Bertz CT molecular complexity index is 1020. The van der Waals surface area contributed by atoms with Gasteiger partial charge in [-0.3, -0.25) is 0 Å². The van der Waals surface area contributed by atoms with E-state index < -0.39 is 5.97 Å². The Morgan fingerprint density at radius 2 is 2.00 bits per heavy atom. The van der Waals surface area contributed by atoms with E-state index in [4.69, 9.17) is 0 Å². The molecule has 4 heteroatoms. The molecule has 0 aliphatic heterocycles. The molecule has 0 saturated carbocycles. The summed E-state index contributed by atoms with van der Waals surface area (Å²) in [5.74, 6) is -0.439. The summed E-state index contributed by atoms with van der Waals surface area (Å²) in [4.78, 5) is 15.2. The second-order valence-electron chi connectivity index (χ2n) is 7.84. The Kier molecular flexibility index (Phi) is 4.11. The van der Waals surface area contributed by atoms with E-state index in [0.29, 0.717) is 5.56 Å². The minimum atomic E-state index is -0.439. The van der Waals surface area contributed by atoms with Gasteiger partial charge in [-0.05, 0) is 72.1 Å². The summed E-state index contributed by atoms with van der Waals surface area (Å²) >= 11 is 3.63. The Balaban J connectivity index is 1.90. The quantitative estimate of drug-likeness (QED) is 0.448. The molecule has 134 valence electrons. The molecule has 0 spiro atoms. The third kappa shape index (κ3) is 2.64. The number of fused-ring (bicyclic) bond motifs is 2. The highest BCUT2D eigenvalue weighted by Gasteiger charge is 2.29. The molecule has 0 fully saturated rings. The Hall–Kier alpha value is -2.20. The Morgan fingerprint density at radius 1 is 1.19 bits per heavy atom. The molecule has 2 aromatic carbocycles. The monoisotopic (exact) mass is 365 g/mol. The van der Waals surface area contributed by atoms with Crippen molar-refractivity contribution < 1.29 is 8.98 Å². The van der Waals surface area contributed by atoms with Gasteiger partial charge in [-0.15, -0.1) is 0 Å². The predicted octanol–water partition coefficient (Wildman–Crippen LogP) is 5.76. The number of hydrogen-bond acceptors (Lipinski definition) is 3. The summed E-state index contributed by atoms with van der Waals surface area (Å²) in [6, 6.07) is 10.1. The molecule has 0 radical (unpaired) electrons. The number of carbonyl (C=O) groups is 1. The summed E-state index contributed by atoms with van der Waals surface area (Å²) in [6.07, 6.45) is 5.64. The van der Waals surface area contributed by atoms with Crippen molar-refractivity contribution in [1.82, 2.24) is 4.98 Å². The van der Waals surface area contributed by atoms with Crippen LogP contribution in [0, 0.1) is 6.92 Å². The Labute approximate surface area is 159 Å². The number of aromatic amines is 1. The highest BCUT2D eigenvalue weighted by molar-refractivity contribution is 7.75. The van der Waals surface area contributed by atoms with Gasteiger partial charge in [0.25, 0.3) is 0 Å². The molecular weight excluding hydrogens is 342 g/mol. The maximum absolute atomic E-state index is 11.8. The molecule has 0 atom stereocenters. The molecule has 26 heavy (non-hydrogen) atoms. The third-order valence-corrected chi connectivity index (χ3v) is 6.01. The van der Waals surface area contributed by atoms with E-state index in [-0.39, 0.29) is 5.41 Å². The van der Waals surface area contributed by atoms with Gasteiger partial charge < -0.3 is 9.17 Å². The molecule has 1 heterocycles. The Morgan fingerprint density at radius 3 is 2.77 bits per heavy atom. The van der Waals surface area contributed by atoms with Crippen molar-refractivity contribution in [3.05, 3.63) is 58.8 Å². The largest absolute Gasteiger partial charge is 0.391 e. The van der Waals surface area contributed by atoms with Crippen molar-refractivity contribution in [3.63, 3.8) is 0 Å². The molecule has 1 aliphatic carbocycles. The summed E-state index contributed by atoms with van der Waals surface area (Å²) in [5.41, 5.74) is 8.40. The van der Waals surface area contributed by atoms with E-state index in [1.165, 1.54) is 35.1 Å². The fraction of sp³-hybridized carbons (Fsp3) is 0.318. The molecule has 0 saturated heterocycles. The summed E-state index contributed by atoms with van der Waals surface area (Å²) < 4.78 is 4.57. The van der Waals surface area contributed by atoms with Crippen molar-refractivity contribution >= 4 is 29.8 Å². The number of rotatable bonds is 2. The van der Waals surface area contributed by atoms with E-state index >= 15 is 0 Å². The van der Waals surface area contributed by atoms with Crippen molar-refractivity contribution in [3.8, 4) is 11.1 Å². The molecule has 0 unspecified atom stereocenters. The summed E-state index contributed by atoms with van der Waals surface area (Å²) in [6.45, 7) is 6.90. The minimum absolute atomic E-state index is 0.237. The average molecular weight is 365 g/mol. The zero-order valence-corrected chi connectivity index (χ0v) is 16.2. The van der Waals surface area contributed by atoms with Crippen LogP contribution in [0.15, 0.2) is 36.5 Å². The smallest absolute Gasteiger partial charge is 0.349 e. The van der Waals surface area contributed by atoms with Crippen LogP contribution in [0.2, 0.25) is 0 Å².